The van der Waals surface area contributed by atoms with Gasteiger partial charge in [0.05, 0.1) is 5.56 Å². The van der Waals surface area contributed by atoms with E-state index in [1.807, 2.05) is 0 Å². The van der Waals surface area contributed by atoms with Gasteiger partial charge in [0, 0.05) is 43.5 Å². The van der Waals surface area contributed by atoms with E-state index in [1.165, 1.54) is 13.0 Å². The quantitative estimate of drug-likeness (QED) is 0.821. The summed E-state index contributed by atoms with van der Waals surface area (Å²) in [7, 11) is 0. The SMILES string of the molecule is Cc1ccc(-c2ncc(C3=CCNC3)c(N3CCC(CN)C3)n2)cc1C(F)(F)F. The van der Waals surface area contributed by atoms with Gasteiger partial charge < -0.3 is 16.0 Å². The molecule has 8 heteroatoms. The molecule has 4 rings (SSSR count). The summed E-state index contributed by atoms with van der Waals surface area (Å²) in [5, 5.41) is 3.27. The van der Waals surface area contributed by atoms with Gasteiger partial charge in [-0.15, -0.1) is 0 Å². The zero-order valence-corrected chi connectivity index (χ0v) is 16.3. The molecule has 3 heterocycles. The van der Waals surface area contributed by atoms with Crippen LogP contribution in [0.15, 0.2) is 30.5 Å². The van der Waals surface area contributed by atoms with Gasteiger partial charge in [-0.25, -0.2) is 9.97 Å². The van der Waals surface area contributed by atoms with E-state index in [0.717, 1.165) is 55.6 Å². The lowest BCUT2D eigenvalue weighted by atomic mass is 10.0. The van der Waals surface area contributed by atoms with Crippen LogP contribution in [-0.4, -0.2) is 42.7 Å². The highest BCUT2D eigenvalue weighted by Crippen LogP contribution is 2.36. The third kappa shape index (κ3) is 4.00. The fourth-order valence-corrected chi connectivity index (χ4v) is 3.94. The van der Waals surface area contributed by atoms with Crippen LogP contribution >= 0.6 is 0 Å². The molecule has 1 unspecified atom stereocenters. The number of alkyl halides is 3. The van der Waals surface area contributed by atoms with Crippen molar-refractivity contribution in [3.8, 4) is 11.4 Å². The maximum absolute atomic E-state index is 13.3. The van der Waals surface area contributed by atoms with Crippen LogP contribution < -0.4 is 16.0 Å². The van der Waals surface area contributed by atoms with E-state index < -0.39 is 11.7 Å². The van der Waals surface area contributed by atoms with Gasteiger partial charge >= 0.3 is 6.18 Å². The topological polar surface area (TPSA) is 67.1 Å². The van der Waals surface area contributed by atoms with Crippen molar-refractivity contribution in [3.63, 3.8) is 0 Å². The van der Waals surface area contributed by atoms with Crippen LogP contribution in [0.4, 0.5) is 19.0 Å². The average Bonchev–Trinajstić information content (AvgIpc) is 3.39. The highest BCUT2D eigenvalue weighted by Gasteiger charge is 2.33. The van der Waals surface area contributed by atoms with Crippen molar-refractivity contribution in [3.05, 3.63) is 47.2 Å². The Balaban J connectivity index is 1.77. The van der Waals surface area contributed by atoms with E-state index in [9.17, 15) is 13.2 Å². The molecule has 0 saturated carbocycles. The highest BCUT2D eigenvalue weighted by molar-refractivity contribution is 5.78. The Bertz CT molecular complexity index is 938. The van der Waals surface area contributed by atoms with Crippen molar-refractivity contribution in [2.24, 2.45) is 11.7 Å². The fraction of sp³-hybridized carbons (Fsp3) is 0.429. The molecule has 5 nitrogen and oxygen atoms in total. The number of anilines is 1. The molecule has 2 aromatic rings. The molecule has 1 aromatic heterocycles. The minimum atomic E-state index is -4.41. The van der Waals surface area contributed by atoms with Crippen molar-refractivity contribution in [1.82, 2.24) is 15.3 Å². The third-order valence-corrected chi connectivity index (χ3v) is 5.64. The van der Waals surface area contributed by atoms with E-state index in [1.54, 1.807) is 12.3 Å². The Morgan fingerprint density at radius 3 is 2.79 bits per heavy atom. The van der Waals surface area contributed by atoms with Crippen molar-refractivity contribution >= 4 is 11.4 Å². The van der Waals surface area contributed by atoms with Gasteiger partial charge in [-0.1, -0.05) is 18.2 Å². The maximum atomic E-state index is 13.3. The van der Waals surface area contributed by atoms with Crippen molar-refractivity contribution < 1.29 is 13.2 Å². The number of hydrogen-bond donors (Lipinski definition) is 2. The second-order valence-corrected chi connectivity index (χ2v) is 7.66. The van der Waals surface area contributed by atoms with Gasteiger partial charge in [-0.2, -0.15) is 13.2 Å². The number of nitrogens with two attached hydrogens (primary N) is 1. The number of aryl methyl sites for hydroxylation is 1. The molecule has 0 bridgehead atoms. The molecule has 2 aliphatic rings. The molecule has 1 aromatic carbocycles. The Hall–Kier alpha value is -2.45. The largest absolute Gasteiger partial charge is 0.416 e. The third-order valence-electron chi connectivity index (χ3n) is 5.64. The Labute approximate surface area is 167 Å². The predicted octanol–water partition coefficient (Wildman–Crippen LogP) is 3.24. The summed E-state index contributed by atoms with van der Waals surface area (Å²) in [6.45, 7) is 5.21. The van der Waals surface area contributed by atoms with Gasteiger partial charge in [0.25, 0.3) is 0 Å². The summed E-state index contributed by atoms with van der Waals surface area (Å²) in [5.41, 5.74) is 7.78. The molecule has 1 atom stereocenters. The molecule has 29 heavy (non-hydrogen) atoms. The van der Waals surface area contributed by atoms with E-state index in [0.29, 0.717) is 23.9 Å². The maximum Gasteiger partial charge on any atom is 0.416 e. The first-order valence-corrected chi connectivity index (χ1v) is 9.77. The van der Waals surface area contributed by atoms with Gasteiger partial charge in [0.1, 0.15) is 5.82 Å². The molecule has 0 amide bonds. The van der Waals surface area contributed by atoms with E-state index >= 15 is 0 Å². The van der Waals surface area contributed by atoms with Crippen LogP contribution in [0.5, 0.6) is 0 Å². The van der Waals surface area contributed by atoms with Gasteiger partial charge in [-0.05, 0) is 43.0 Å². The molecule has 154 valence electrons. The second kappa shape index (κ2) is 7.76. The van der Waals surface area contributed by atoms with Gasteiger partial charge in [-0.3, -0.25) is 0 Å². The number of aromatic nitrogens is 2. The van der Waals surface area contributed by atoms with Crippen LogP contribution in [-0.2, 0) is 6.18 Å². The number of nitrogens with one attached hydrogen (secondary N) is 1. The molecular formula is C21H24F3N5. The van der Waals surface area contributed by atoms with Crippen LogP contribution in [0, 0.1) is 12.8 Å². The van der Waals surface area contributed by atoms with Gasteiger partial charge in [0.15, 0.2) is 5.82 Å². The zero-order valence-electron chi connectivity index (χ0n) is 16.3. The molecule has 3 N–H and O–H groups in total. The first-order chi connectivity index (χ1) is 13.9. The Kier molecular flexibility index (Phi) is 5.31. The lowest BCUT2D eigenvalue weighted by Crippen LogP contribution is -2.25. The van der Waals surface area contributed by atoms with E-state index in [4.69, 9.17) is 10.7 Å². The predicted molar refractivity (Wildman–Crippen MR) is 107 cm³/mol. The lowest BCUT2D eigenvalue weighted by molar-refractivity contribution is -0.138. The number of nitrogens with zero attached hydrogens (tertiary/aromatic N) is 3. The van der Waals surface area contributed by atoms with Crippen molar-refractivity contribution in [2.75, 3.05) is 37.6 Å². The first kappa shape index (κ1) is 19.8. The van der Waals surface area contributed by atoms with Crippen molar-refractivity contribution in [1.29, 1.82) is 0 Å². The summed E-state index contributed by atoms with van der Waals surface area (Å²) < 4.78 is 40.0. The fourth-order valence-electron chi connectivity index (χ4n) is 3.94. The number of rotatable bonds is 4. The summed E-state index contributed by atoms with van der Waals surface area (Å²) in [6, 6.07) is 4.25. The second-order valence-electron chi connectivity index (χ2n) is 7.66. The number of hydrogen-bond acceptors (Lipinski definition) is 5. The van der Waals surface area contributed by atoms with Gasteiger partial charge in [0.2, 0.25) is 0 Å². The van der Waals surface area contributed by atoms with Crippen molar-refractivity contribution in [2.45, 2.75) is 19.5 Å². The minimum Gasteiger partial charge on any atom is -0.356 e. The molecule has 0 radical (unpaired) electrons. The minimum absolute atomic E-state index is 0.186. The smallest absolute Gasteiger partial charge is 0.356 e. The van der Waals surface area contributed by atoms with E-state index in [2.05, 4.69) is 21.3 Å². The average molecular weight is 403 g/mol. The Morgan fingerprint density at radius 1 is 1.31 bits per heavy atom. The summed E-state index contributed by atoms with van der Waals surface area (Å²) in [5.74, 6) is 1.47. The molecule has 0 aliphatic carbocycles. The molecule has 2 aliphatic heterocycles. The van der Waals surface area contributed by atoms with E-state index in [-0.39, 0.29) is 5.56 Å². The Morgan fingerprint density at radius 2 is 2.14 bits per heavy atom. The molecule has 0 spiro atoms. The summed E-state index contributed by atoms with van der Waals surface area (Å²) >= 11 is 0. The molecule has 1 saturated heterocycles. The molecule has 1 fully saturated rings. The van der Waals surface area contributed by atoms with Crippen LogP contribution in [0.25, 0.3) is 17.0 Å². The monoisotopic (exact) mass is 403 g/mol. The van der Waals surface area contributed by atoms with Crippen LogP contribution in [0.3, 0.4) is 0 Å². The number of halogens is 3. The first-order valence-electron chi connectivity index (χ1n) is 9.77. The van der Waals surface area contributed by atoms with Crippen LogP contribution in [0.1, 0.15) is 23.1 Å². The van der Waals surface area contributed by atoms with Crippen LogP contribution in [0.2, 0.25) is 0 Å². The summed E-state index contributed by atoms with van der Waals surface area (Å²) in [4.78, 5) is 11.3. The number of benzene rings is 1. The zero-order chi connectivity index (χ0) is 20.6. The lowest BCUT2D eigenvalue weighted by Gasteiger charge is -2.22. The highest BCUT2D eigenvalue weighted by atomic mass is 19.4. The normalized spacial score (nSPS) is 19.7. The standard InChI is InChI=1S/C21H24F3N5/c1-13-2-3-15(8-18(13)21(22,23)24)19-27-11-17(16-4-6-26-10-16)20(28-19)29-7-5-14(9-25)12-29/h2-4,8,11,14,26H,5-7,9-10,12,25H2,1H3. The summed E-state index contributed by atoms with van der Waals surface area (Å²) in [6.07, 6.45) is 0.410. The molecular weight excluding hydrogens is 379 g/mol.